The fraction of sp³-hybridized carbons (Fsp3) is 0.714. The Kier molecular flexibility index (Phi) is 4.91. The van der Waals surface area contributed by atoms with E-state index in [1.807, 2.05) is 13.8 Å². The van der Waals surface area contributed by atoms with Gasteiger partial charge >= 0.3 is 5.97 Å². The van der Waals surface area contributed by atoms with Crippen LogP contribution in [0, 0.1) is 11.8 Å². The monoisotopic (exact) mass is 269 g/mol. The minimum absolute atomic E-state index is 0.260. The SMILES string of the molecule is CC(C)c1nc(C(=O)O)c(C(C(C)C)C(C)C)s1. The maximum Gasteiger partial charge on any atom is 0.355 e. The number of carboxylic acids is 1. The molecule has 0 bridgehead atoms. The topological polar surface area (TPSA) is 50.2 Å². The van der Waals surface area contributed by atoms with E-state index >= 15 is 0 Å². The van der Waals surface area contributed by atoms with Gasteiger partial charge in [-0.05, 0) is 11.8 Å². The molecule has 0 atom stereocenters. The van der Waals surface area contributed by atoms with Crippen molar-refractivity contribution >= 4 is 17.3 Å². The number of aromatic carboxylic acids is 1. The fourth-order valence-corrected chi connectivity index (χ4v) is 3.86. The molecular formula is C14H23NO2S. The Morgan fingerprint density at radius 1 is 1.11 bits per heavy atom. The quantitative estimate of drug-likeness (QED) is 0.864. The van der Waals surface area contributed by atoms with Crippen molar-refractivity contribution in [1.82, 2.24) is 4.98 Å². The van der Waals surface area contributed by atoms with Gasteiger partial charge in [0.05, 0.1) is 5.01 Å². The summed E-state index contributed by atoms with van der Waals surface area (Å²) < 4.78 is 0. The summed E-state index contributed by atoms with van der Waals surface area (Å²) in [7, 11) is 0. The van der Waals surface area contributed by atoms with Crippen LogP contribution >= 0.6 is 11.3 Å². The third-order valence-electron chi connectivity index (χ3n) is 3.11. The van der Waals surface area contributed by atoms with Gasteiger partial charge in [0.15, 0.2) is 5.69 Å². The molecule has 0 aliphatic carbocycles. The summed E-state index contributed by atoms with van der Waals surface area (Å²) in [5.74, 6) is 0.481. The number of hydrogen-bond acceptors (Lipinski definition) is 3. The Labute approximate surface area is 113 Å². The highest BCUT2D eigenvalue weighted by Gasteiger charge is 2.29. The van der Waals surface area contributed by atoms with Gasteiger partial charge in [0.1, 0.15) is 0 Å². The van der Waals surface area contributed by atoms with E-state index in [9.17, 15) is 9.90 Å². The molecule has 0 saturated heterocycles. The minimum Gasteiger partial charge on any atom is -0.476 e. The molecule has 0 radical (unpaired) electrons. The van der Waals surface area contributed by atoms with Crippen molar-refractivity contribution in [3.8, 4) is 0 Å². The number of hydrogen-bond donors (Lipinski definition) is 1. The molecule has 0 unspecified atom stereocenters. The van der Waals surface area contributed by atoms with Gasteiger partial charge in [0.25, 0.3) is 0 Å². The molecule has 1 heterocycles. The van der Waals surface area contributed by atoms with E-state index in [1.165, 1.54) is 0 Å². The number of rotatable bonds is 5. The molecule has 0 saturated carbocycles. The molecule has 3 nitrogen and oxygen atoms in total. The second-order valence-corrected chi connectivity index (χ2v) is 6.80. The number of aromatic nitrogens is 1. The standard InChI is InChI=1S/C14H23NO2S/c1-7(2)10(8(3)4)12-11(14(16)17)15-13(18-12)9(5)6/h7-10H,1-6H3,(H,16,17). The number of nitrogens with zero attached hydrogens (tertiary/aromatic N) is 1. The molecule has 1 N–H and O–H groups in total. The van der Waals surface area contributed by atoms with E-state index in [4.69, 9.17) is 0 Å². The molecule has 0 amide bonds. The Hall–Kier alpha value is -0.900. The smallest absolute Gasteiger partial charge is 0.355 e. The highest BCUT2D eigenvalue weighted by Crippen LogP contribution is 2.39. The second kappa shape index (κ2) is 5.83. The van der Waals surface area contributed by atoms with Crippen LogP contribution < -0.4 is 0 Å². The molecule has 0 aliphatic rings. The van der Waals surface area contributed by atoms with Gasteiger partial charge in [0.2, 0.25) is 0 Å². The minimum atomic E-state index is -0.903. The van der Waals surface area contributed by atoms with Crippen molar-refractivity contribution in [1.29, 1.82) is 0 Å². The van der Waals surface area contributed by atoms with Crippen LogP contribution in [-0.4, -0.2) is 16.1 Å². The van der Waals surface area contributed by atoms with Crippen LogP contribution in [0.4, 0.5) is 0 Å². The first-order chi connectivity index (χ1) is 8.25. The summed E-state index contributed by atoms with van der Waals surface area (Å²) in [5.41, 5.74) is 0.260. The first-order valence-corrected chi connectivity index (χ1v) is 7.31. The van der Waals surface area contributed by atoms with E-state index in [2.05, 4.69) is 32.7 Å². The summed E-state index contributed by atoms with van der Waals surface area (Å²) in [4.78, 5) is 16.6. The maximum atomic E-state index is 11.4. The van der Waals surface area contributed by atoms with Gasteiger partial charge in [0, 0.05) is 16.7 Å². The van der Waals surface area contributed by atoms with E-state index in [-0.39, 0.29) is 17.5 Å². The van der Waals surface area contributed by atoms with Crippen LogP contribution in [0.2, 0.25) is 0 Å². The Morgan fingerprint density at radius 2 is 1.61 bits per heavy atom. The lowest BCUT2D eigenvalue weighted by atomic mass is 9.84. The van der Waals surface area contributed by atoms with Crippen LogP contribution in [0.15, 0.2) is 0 Å². The van der Waals surface area contributed by atoms with Gasteiger partial charge in [-0.2, -0.15) is 0 Å². The lowest BCUT2D eigenvalue weighted by Crippen LogP contribution is -2.15. The van der Waals surface area contributed by atoms with Gasteiger partial charge in [-0.15, -0.1) is 11.3 Å². The molecule has 0 fully saturated rings. The van der Waals surface area contributed by atoms with Crippen molar-refractivity contribution in [2.75, 3.05) is 0 Å². The molecule has 1 aromatic heterocycles. The molecular weight excluding hydrogens is 246 g/mol. The average molecular weight is 269 g/mol. The molecule has 102 valence electrons. The molecule has 0 spiro atoms. The zero-order valence-electron chi connectivity index (χ0n) is 12.0. The average Bonchev–Trinajstić information content (AvgIpc) is 2.61. The molecule has 1 rings (SSSR count). The first kappa shape index (κ1) is 15.2. The summed E-state index contributed by atoms with van der Waals surface area (Å²) in [6.45, 7) is 12.7. The number of carbonyl (C=O) groups is 1. The zero-order chi connectivity index (χ0) is 14.0. The van der Waals surface area contributed by atoms with E-state index in [0.717, 1.165) is 9.88 Å². The van der Waals surface area contributed by atoms with Gasteiger partial charge < -0.3 is 5.11 Å². The van der Waals surface area contributed by atoms with Crippen LogP contribution in [0.3, 0.4) is 0 Å². The van der Waals surface area contributed by atoms with Crippen molar-refractivity contribution < 1.29 is 9.90 Å². The Balaban J connectivity index is 3.31. The normalized spacial score (nSPS) is 12.1. The van der Waals surface area contributed by atoms with Gasteiger partial charge in [-0.3, -0.25) is 0 Å². The molecule has 4 heteroatoms. The molecule has 0 aromatic carbocycles. The lowest BCUT2D eigenvalue weighted by Gasteiger charge is -2.23. The lowest BCUT2D eigenvalue weighted by molar-refractivity contribution is 0.0688. The molecule has 18 heavy (non-hydrogen) atoms. The Morgan fingerprint density at radius 3 is 1.94 bits per heavy atom. The molecule has 1 aromatic rings. The summed E-state index contributed by atoms with van der Waals surface area (Å²) in [5, 5.41) is 10.2. The van der Waals surface area contributed by atoms with Gasteiger partial charge in [-0.25, -0.2) is 9.78 Å². The van der Waals surface area contributed by atoms with Crippen molar-refractivity contribution in [2.24, 2.45) is 11.8 Å². The van der Waals surface area contributed by atoms with Crippen LogP contribution in [0.25, 0.3) is 0 Å². The highest BCUT2D eigenvalue weighted by atomic mass is 32.1. The zero-order valence-corrected chi connectivity index (χ0v) is 12.8. The van der Waals surface area contributed by atoms with Crippen LogP contribution in [-0.2, 0) is 0 Å². The van der Waals surface area contributed by atoms with E-state index in [1.54, 1.807) is 11.3 Å². The third-order valence-corrected chi connectivity index (χ3v) is 4.56. The van der Waals surface area contributed by atoms with Crippen molar-refractivity contribution in [2.45, 2.75) is 53.4 Å². The first-order valence-electron chi connectivity index (χ1n) is 6.49. The summed E-state index contributed by atoms with van der Waals surface area (Å²) in [6, 6.07) is 0. The van der Waals surface area contributed by atoms with Crippen LogP contribution in [0.5, 0.6) is 0 Å². The maximum absolute atomic E-state index is 11.4. The largest absolute Gasteiger partial charge is 0.476 e. The van der Waals surface area contributed by atoms with Crippen molar-refractivity contribution in [3.05, 3.63) is 15.6 Å². The number of thiazole rings is 1. The third kappa shape index (κ3) is 3.10. The number of carboxylic acid groups (broad SMARTS) is 1. The second-order valence-electron chi connectivity index (χ2n) is 5.74. The van der Waals surface area contributed by atoms with E-state index < -0.39 is 5.97 Å². The molecule has 0 aliphatic heterocycles. The van der Waals surface area contributed by atoms with Crippen molar-refractivity contribution in [3.63, 3.8) is 0 Å². The predicted octanol–water partition coefficient (Wildman–Crippen LogP) is 4.36. The van der Waals surface area contributed by atoms with E-state index in [0.29, 0.717) is 11.8 Å². The predicted molar refractivity (Wildman–Crippen MR) is 75.6 cm³/mol. The summed E-state index contributed by atoms with van der Waals surface area (Å²) in [6.07, 6.45) is 0. The Bertz CT molecular complexity index is 413. The highest BCUT2D eigenvalue weighted by molar-refractivity contribution is 7.12. The van der Waals surface area contributed by atoms with Gasteiger partial charge in [-0.1, -0.05) is 41.5 Å². The summed E-state index contributed by atoms with van der Waals surface area (Å²) >= 11 is 1.57. The van der Waals surface area contributed by atoms with Crippen LogP contribution in [0.1, 0.15) is 73.8 Å². The fourth-order valence-electron chi connectivity index (χ4n) is 2.35.